The van der Waals surface area contributed by atoms with Crippen molar-refractivity contribution in [2.75, 3.05) is 38.1 Å². The van der Waals surface area contributed by atoms with Crippen molar-refractivity contribution < 1.29 is 4.74 Å². The first kappa shape index (κ1) is 16.3. The van der Waals surface area contributed by atoms with Crippen molar-refractivity contribution in [3.63, 3.8) is 0 Å². The molecule has 0 amide bonds. The van der Waals surface area contributed by atoms with Crippen LogP contribution in [0, 0.1) is 17.2 Å². The van der Waals surface area contributed by atoms with Crippen LogP contribution in [0.25, 0.3) is 0 Å². The van der Waals surface area contributed by atoms with Crippen LogP contribution < -0.4 is 10.1 Å². The van der Waals surface area contributed by atoms with Crippen LogP contribution >= 0.6 is 0 Å². The van der Waals surface area contributed by atoms with E-state index in [1.165, 1.54) is 6.42 Å². The highest BCUT2D eigenvalue weighted by Crippen LogP contribution is 2.17. The van der Waals surface area contributed by atoms with Gasteiger partial charge in [0, 0.05) is 25.8 Å². The monoisotopic (exact) mass is 322 g/mol. The predicted molar refractivity (Wildman–Crippen MR) is 93.9 cm³/mol. The molecule has 124 valence electrons. The van der Waals surface area contributed by atoms with Crippen LogP contribution in [0.1, 0.15) is 12.0 Å². The van der Waals surface area contributed by atoms with Gasteiger partial charge in [0.05, 0.1) is 5.56 Å². The lowest BCUT2D eigenvalue weighted by molar-refractivity contribution is 0.233. The fourth-order valence-electron chi connectivity index (χ4n) is 2.91. The molecule has 1 atom stereocenters. The van der Waals surface area contributed by atoms with Crippen LogP contribution in [0.4, 0.5) is 5.82 Å². The van der Waals surface area contributed by atoms with Crippen molar-refractivity contribution in [2.45, 2.75) is 6.42 Å². The number of nitrogens with one attached hydrogen (secondary N) is 1. The molecule has 0 spiro atoms. The van der Waals surface area contributed by atoms with Crippen LogP contribution in [0.5, 0.6) is 5.75 Å². The van der Waals surface area contributed by atoms with E-state index in [4.69, 9.17) is 10.00 Å². The molecular formula is C19H22N4O. The average molecular weight is 322 g/mol. The van der Waals surface area contributed by atoms with Crippen molar-refractivity contribution in [3.05, 3.63) is 54.2 Å². The highest BCUT2D eigenvalue weighted by atomic mass is 16.5. The minimum atomic E-state index is 0.589. The van der Waals surface area contributed by atoms with Crippen molar-refractivity contribution in [3.8, 4) is 11.8 Å². The quantitative estimate of drug-likeness (QED) is 0.849. The molecule has 1 aromatic carbocycles. The third-order valence-corrected chi connectivity index (χ3v) is 4.25. The van der Waals surface area contributed by atoms with Gasteiger partial charge in [-0.25, -0.2) is 4.98 Å². The molecule has 2 aromatic rings. The van der Waals surface area contributed by atoms with E-state index in [0.29, 0.717) is 11.5 Å². The summed E-state index contributed by atoms with van der Waals surface area (Å²) in [6.45, 7) is 4.80. The van der Waals surface area contributed by atoms with Crippen molar-refractivity contribution in [1.82, 2.24) is 9.88 Å². The Hall–Kier alpha value is -2.58. The number of ether oxygens (including phenoxy) is 1. The Bertz CT molecular complexity index is 666. The normalized spacial score (nSPS) is 17.4. The molecule has 3 rings (SSSR count). The molecule has 0 unspecified atom stereocenters. The first-order valence-corrected chi connectivity index (χ1v) is 8.34. The first-order valence-electron chi connectivity index (χ1n) is 8.34. The van der Waals surface area contributed by atoms with E-state index in [1.54, 1.807) is 12.3 Å². The summed E-state index contributed by atoms with van der Waals surface area (Å²) in [6, 6.07) is 15.7. The van der Waals surface area contributed by atoms with Crippen LogP contribution in [0.3, 0.4) is 0 Å². The molecule has 0 radical (unpaired) electrons. The van der Waals surface area contributed by atoms with Gasteiger partial charge in [0.15, 0.2) is 0 Å². The van der Waals surface area contributed by atoms with E-state index in [2.05, 4.69) is 21.3 Å². The van der Waals surface area contributed by atoms with E-state index in [-0.39, 0.29) is 0 Å². The van der Waals surface area contributed by atoms with Gasteiger partial charge in [-0.15, -0.1) is 0 Å². The maximum Gasteiger partial charge on any atom is 0.125 e. The lowest BCUT2D eigenvalue weighted by Gasteiger charge is -2.17. The van der Waals surface area contributed by atoms with Crippen LogP contribution in [-0.2, 0) is 0 Å². The second-order valence-corrected chi connectivity index (χ2v) is 6.04. The van der Waals surface area contributed by atoms with Gasteiger partial charge in [0.25, 0.3) is 0 Å². The lowest BCUT2D eigenvalue weighted by atomic mass is 10.1. The summed E-state index contributed by atoms with van der Waals surface area (Å²) < 4.78 is 5.76. The molecular weight excluding hydrogens is 300 g/mol. The SMILES string of the molecule is N#Cc1ccc(NC[C@@H]2CCN(CCOc3ccccc3)C2)nc1. The third kappa shape index (κ3) is 4.71. The molecule has 0 aliphatic carbocycles. The van der Waals surface area contributed by atoms with E-state index in [1.807, 2.05) is 36.4 Å². The van der Waals surface area contributed by atoms with E-state index in [0.717, 1.165) is 44.4 Å². The molecule has 0 saturated carbocycles. The maximum absolute atomic E-state index is 8.78. The number of hydrogen-bond donors (Lipinski definition) is 1. The average Bonchev–Trinajstić information content (AvgIpc) is 3.09. The standard InChI is InChI=1S/C19H22N4O/c20-12-16-6-7-19(21-13-16)22-14-17-8-9-23(15-17)10-11-24-18-4-2-1-3-5-18/h1-7,13,17H,8-11,14-15H2,(H,21,22)/t17-/m0/s1. The van der Waals surface area contributed by atoms with Crippen molar-refractivity contribution in [2.24, 2.45) is 5.92 Å². The Morgan fingerprint density at radius 2 is 2.12 bits per heavy atom. The fraction of sp³-hybridized carbons (Fsp3) is 0.368. The Morgan fingerprint density at radius 3 is 2.88 bits per heavy atom. The second-order valence-electron chi connectivity index (χ2n) is 6.04. The fourth-order valence-corrected chi connectivity index (χ4v) is 2.91. The number of pyridine rings is 1. The van der Waals surface area contributed by atoms with E-state index in [9.17, 15) is 0 Å². The molecule has 1 aromatic heterocycles. The summed E-state index contributed by atoms with van der Waals surface area (Å²) in [5.74, 6) is 2.39. The van der Waals surface area contributed by atoms with Crippen LogP contribution in [0.2, 0.25) is 0 Å². The summed E-state index contributed by atoms with van der Waals surface area (Å²) in [7, 11) is 0. The summed E-state index contributed by atoms with van der Waals surface area (Å²) in [5, 5.41) is 12.1. The van der Waals surface area contributed by atoms with Gasteiger partial charge >= 0.3 is 0 Å². The molecule has 1 aliphatic heterocycles. The number of anilines is 1. The van der Waals surface area contributed by atoms with Gasteiger partial charge in [0.1, 0.15) is 24.2 Å². The topological polar surface area (TPSA) is 61.2 Å². The maximum atomic E-state index is 8.78. The third-order valence-electron chi connectivity index (χ3n) is 4.25. The zero-order chi connectivity index (χ0) is 16.6. The van der Waals surface area contributed by atoms with Gasteiger partial charge in [-0.2, -0.15) is 5.26 Å². The summed E-state index contributed by atoms with van der Waals surface area (Å²) in [4.78, 5) is 6.69. The van der Waals surface area contributed by atoms with Crippen molar-refractivity contribution >= 4 is 5.82 Å². The Kier molecular flexibility index (Phi) is 5.65. The summed E-state index contributed by atoms with van der Waals surface area (Å²) in [6.07, 6.45) is 2.79. The number of hydrogen-bond acceptors (Lipinski definition) is 5. The molecule has 1 aliphatic rings. The minimum Gasteiger partial charge on any atom is -0.492 e. The summed E-state index contributed by atoms with van der Waals surface area (Å²) in [5.41, 5.74) is 0.589. The molecule has 0 bridgehead atoms. The number of para-hydroxylation sites is 1. The number of likely N-dealkylation sites (tertiary alicyclic amines) is 1. The van der Waals surface area contributed by atoms with Gasteiger partial charge < -0.3 is 10.1 Å². The van der Waals surface area contributed by atoms with Crippen LogP contribution in [0.15, 0.2) is 48.7 Å². The zero-order valence-corrected chi connectivity index (χ0v) is 13.7. The largest absolute Gasteiger partial charge is 0.492 e. The molecule has 5 heteroatoms. The second kappa shape index (κ2) is 8.32. The number of benzene rings is 1. The number of rotatable bonds is 7. The Balaban J connectivity index is 1.35. The van der Waals surface area contributed by atoms with Gasteiger partial charge in [-0.3, -0.25) is 4.90 Å². The van der Waals surface area contributed by atoms with Crippen molar-refractivity contribution in [1.29, 1.82) is 5.26 Å². The lowest BCUT2D eigenvalue weighted by Crippen LogP contribution is -2.27. The predicted octanol–water partition coefficient (Wildman–Crippen LogP) is 2.77. The smallest absolute Gasteiger partial charge is 0.125 e. The molecule has 24 heavy (non-hydrogen) atoms. The Labute approximate surface area is 142 Å². The zero-order valence-electron chi connectivity index (χ0n) is 13.7. The Morgan fingerprint density at radius 1 is 1.25 bits per heavy atom. The molecule has 1 fully saturated rings. The van der Waals surface area contributed by atoms with Gasteiger partial charge in [0.2, 0.25) is 0 Å². The van der Waals surface area contributed by atoms with Gasteiger partial charge in [-0.05, 0) is 43.1 Å². The highest BCUT2D eigenvalue weighted by molar-refractivity contribution is 5.38. The summed E-state index contributed by atoms with van der Waals surface area (Å²) >= 11 is 0. The molecule has 1 saturated heterocycles. The number of aromatic nitrogens is 1. The first-order chi connectivity index (χ1) is 11.8. The highest BCUT2D eigenvalue weighted by Gasteiger charge is 2.22. The molecule has 2 heterocycles. The molecule has 5 nitrogen and oxygen atoms in total. The van der Waals surface area contributed by atoms with E-state index >= 15 is 0 Å². The number of nitrogens with zero attached hydrogens (tertiary/aromatic N) is 3. The minimum absolute atomic E-state index is 0.589. The van der Waals surface area contributed by atoms with Gasteiger partial charge in [-0.1, -0.05) is 18.2 Å². The van der Waals surface area contributed by atoms with E-state index < -0.39 is 0 Å². The number of nitriles is 1. The van der Waals surface area contributed by atoms with Crippen LogP contribution in [-0.4, -0.2) is 42.7 Å². The molecule has 1 N–H and O–H groups in total.